The highest BCUT2D eigenvalue weighted by Gasteiger charge is 2.24. The molecule has 1 amide bonds. The second-order valence-electron chi connectivity index (χ2n) is 6.17. The molecule has 2 aromatic carbocycles. The fourth-order valence-corrected chi connectivity index (χ4v) is 5.61. The zero-order chi connectivity index (χ0) is 19.6. The summed E-state index contributed by atoms with van der Waals surface area (Å²) in [6.45, 7) is 6.17. The molecule has 0 unspecified atom stereocenters. The van der Waals surface area contributed by atoms with E-state index < -0.39 is 10.0 Å². The van der Waals surface area contributed by atoms with Crippen LogP contribution in [0.25, 0.3) is 10.1 Å². The maximum absolute atomic E-state index is 12.9. The summed E-state index contributed by atoms with van der Waals surface area (Å²) >= 11 is 1.41. The van der Waals surface area contributed by atoms with Crippen LogP contribution >= 0.6 is 11.3 Å². The number of nitrogens with one attached hydrogen (secondary N) is 1. The standard InChI is InChI=1S/C20H22N2O3S2/c1-4-22(5-2)27(24,25)19-13-16(11-10-14(19)3)21-20(23)18-12-15-8-6-7-9-17(15)26-18/h6-13H,4-5H2,1-3H3,(H,21,23). The van der Waals surface area contributed by atoms with E-state index in [1.807, 2.05) is 44.2 Å². The van der Waals surface area contributed by atoms with E-state index in [0.29, 0.717) is 29.2 Å². The van der Waals surface area contributed by atoms with Crippen molar-refractivity contribution in [3.05, 3.63) is 59.0 Å². The Morgan fingerprint density at radius 3 is 2.44 bits per heavy atom. The van der Waals surface area contributed by atoms with Crippen LogP contribution in [-0.4, -0.2) is 31.7 Å². The van der Waals surface area contributed by atoms with Gasteiger partial charge in [0.05, 0.1) is 9.77 Å². The van der Waals surface area contributed by atoms with Crippen molar-refractivity contribution in [1.82, 2.24) is 4.31 Å². The Labute approximate surface area is 163 Å². The number of nitrogens with zero attached hydrogens (tertiary/aromatic N) is 1. The van der Waals surface area contributed by atoms with Gasteiger partial charge in [-0.1, -0.05) is 38.1 Å². The van der Waals surface area contributed by atoms with Gasteiger partial charge in [0.25, 0.3) is 5.91 Å². The first-order chi connectivity index (χ1) is 12.9. The summed E-state index contributed by atoms with van der Waals surface area (Å²) in [6, 6.07) is 14.6. The molecule has 3 rings (SSSR count). The van der Waals surface area contributed by atoms with Crippen LogP contribution in [0.4, 0.5) is 5.69 Å². The molecule has 0 aliphatic heterocycles. The van der Waals surface area contributed by atoms with E-state index >= 15 is 0 Å². The number of thiophene rings is 1. The summed E-state index contributed by atoms with van der Waals surface area (Å²) in [5, 5.41) is 3.84. The third-order valence-electron chi connectivity index (χ3n) is 4.42. The van der Waals surface area contributed by atoms with Crippen LogP contribution in [0, 0.1) is 6.92 Å². The largest absolute Gasteiger partial charge is 0.321 e. The second kappa shape index (κ2) is 7.80. The van der Waals surface area contributed by atoms with E-state index in [9.17, 15) is 13.2 Å². The van der Waals surface area contributed by atoms with E-state index in [-0.39, 0.29) is 10.8 Å². The van der Waals surface area contributed by atoms with Gasteiger partial charge in [0.15, 0.2) is 0 Å². The molecular weight excluding hydrogens is 380 g/mol. The molecule has 27 heavy (non-hydrogen) atoms. The van der Waals surface area contributed by atoms with E-state index in [4.69, 9.17) is 0 Å². The third-order valence-corrected chi connectivity index (χ3v) is 7.73. The van der Waals surface area contributed by atoms with Crippen molar-refractivity contribution in [2.45, 2.75) is 25.7 Å². The molecule has 0 aliphatic rings. The Balaban J connectivity index is 1.90. The van der Waals surface area contributed by atoms with Gasteiger partial charge in [-0.15, -0.1) is 11.3 Å². The Morgan fingerprint density at radius 2 is 1.78 bits per heavy atom. The topological polar surface area (TPSA) is 66.5 Å². The van der Waals surface area contributed by atoms with Crippen LogP contribution in [0.1, 0.15) is 29.1 Å². The van der Waals surface area contributed by atoms with Gasteiger partial charge in [0.2, 0.25) is 10.0 Å². The number of rotatable bonds is 6. The molecule has 1 N–H and O–H groups in total. The van der Waals surface area contributed by atoms with Gasteiger partial charge >= 0.3 is 0 Å². The molecule has 5 nitrogen and oxygen atoms in total. The Morgan fingerprint density at radius 1 is 1.07 bits per heavy atom. The van der Waals surface area contributed by atoms with Crippen molar-refractivity contribution >= 4 is 43.0 Å². The average Bonchev–Trinajstić information content (AvgIpc) is 3.08. The predicted molar refractivity (Wildman–Crippen MR) is 111 cm³/mol. The molecule has 0 fully saturated rings. The number of carbonyl (C=O) groups excluding carboxylic acids is 1. The minimum atomic E-state index is -3.59. The molecule has 3 aromatic rings. The smallest absolute Gasteiger partial charge is 0.265 e. The van der Waals surface area contributed by atoms with Gasteiger partial charge < -0.3 is 5.32 Å². The molecule has 1 aromatic heterocycles. The Hall–Kier alpha value is -2.22. The van der Waals surface area contributed by atoms with Gasteiger partial charge in [0.1, 0.15) is 0 Å². The van der Waals surface area contributed by atoms with Crippen LogP contribution in [0.15, 0.2) is 53.4 Å². The van der Waals surface area contributed by atoms with Crippen LogP contribution in [0.2, 0.25) is 0 Å². The monoisotopic (exact) mass is 402 g/mol. The van der Waals surface area contributed by atoms with Gasteiger partial charge in [-0.05, 0) is 42.1 Å². The number of aryl methyl sites for hydroxylation is 1. The van der Waals surface area contributed by atoms with Crippen molar-refractivity contribution < 1.29 is 13.2 Å². The molecule has 0 bridgehead atoms. The minimum Gasteiger partial charge on any atom is -0.321 e. The highest BCUT2D eigenvalue weighted by molar-refractivity contribution is 7.89. The highest BCUT2D eigenvalue weighted by Crippen LogP contribution is 2.27. The zero-order valence-corrected chi connectivity index (χ0v) is 17.2. The SMILES string of the molecule is CCN(CC)S(=O)(=O)c1cc(NC(=O)c2cc3ccccc3s2)ccc1C. The second-order valence-corrected chi connectivity index (χ2v) is 9.16. The van der Waals surface area contributed by atoms with E-state index in [2.05, 4.69) is 5.32 Å². The molecule has 7 heteroatoms. The molecule has 0 saturated carbocycles. The molecule has 0 aliphatic carbocycles. The maximum Gasteiger partial charge on any atom is 0.265 e. The first-order valence-corrected chi connectivity index (χ1v) is 11.0. The maximum atomic E-state index is 12.9. The lowest BCUT2D eigenvalue weighted by atomic mass is 10.2. The summed E-state index contributed by atoms with van der Waals surface area (Å²) < 4.78 is 28.2. The first kappa shape index (κ1) is 19.5. The molecule has 0 spiro atoms. The lowest BCUT2D eigenvalue weighted by Gasteiger charge is -2.20. The quantitative estimate of drug-likeness (QED) is 0.660. The third kappa shape index (κ3) is 3.90. The van der Waals surface area contributed by atoms with E-state index in [1.54, 1.807) is 19.1 Å². The fourth-order valence-electron chi connectivity index (χ4n) is 2.94. The number of benzene rings is 2. The Bertz CT molecular complexity index is 1050. The lowest BCUT2D eigenvalue weighted by molar-refractivity contribution is 0.103. The number of hydrogen-bond donors (Lipinski definition) is 1. The normalized spacial score (nSPS) is 11.9. The predicted octanol–water partition coefficient (Wildman–Crippen LogP) is 4.49. The average molecular weight is 403 g/mol. The van der Waals surface area contributed by atoms with E-state index in [1.165, 1.54) is 21.7 Å². The first-order valence-electron chi connectivity index (χ1n) is 8.77. The van der Waals surface area contributed by atoms with Crippen molar-refractivity contribution in [1.29, 1.82) is 0 Å². The number of amides is 1. The summed E-state index contributed by atoms with van der Waals surface area (Å²) in [7, 11) is -3.59. The van der Waals surface area contributed by atoms with Gasteiger partial charge in [-0.2, -0.15) is 4.31 Å². The van der Waals surface area contributed by atoms with Crippen LogP contribution in [0.3, 0.4) is 0 Å². The lowest BCUT2D eigenvalue weighted by Crippen LogP contribution is -2.31. The molecule has 0 radical (unpaired) electrons. The zero-order valence-electron chi connectivity index (χ0n) is 15.5. The van der Waals surface area contributed by atoms with Crippen molar-refractivity contribution in [3.8, 4) is 0 Å². The number of sulfonamides is 1. The number of hydrogen-bond acceptors (Lipinski definition) is 4. The van der Waals surface area contributed by atoms with Crippen molar-refractivity contribution in [3.63, 3.8) is 0 Å². The van der Waals surface area contributed by atoms with Crippen molar-refractivity contribution in [2.75, 3.05) is 18.4 Å². The summed E-state index contributed by atoms with van der Waals surface area (Å²) in [5.41, 5.74) is 1.12. The molecule has 0 saturated heterocycles. The van der Waals surface area contributed by atoms with Crippen molar-refractivity contribution in [2.24, 2.45) is 0 Å². The van der Waals surface area contributed by atoms with Crippen LogP contribution < -0.4 is 5.32 Å². The van der Waals surface area contributed by atoms with E-state index in [0.717, 1.165) is 10.1 Å². The minimum absolute atomic E-state index is 0.223. The van der Waals surface area contributed by atoms with Gasteiger partial charge in [-0.3, -0.25) is 4.79 Å². The van der Waals surface area contributed by atoms with Gasteiger partial charge in [0, 0.05) is 23.5 Å². The van der Waals surface area contributed by atoms with Crippen LogP contribution in [-0.2, 0) is 10.0 Å². The molecule has 0 atom stereocenters. The number of anilines is 1. The molecule has 1 heterocycles. The van der Waals surface area contributed by atoms with Gasteiger partial charge in [-0.25, -0.2) is 8.42 Å². The summed E-state index contributed by atoms with van der Waals surface area (Å²) in [5.74, 6) is -0.244. The number of fused-ring (bicyclic) bond motifs is 1. The van der Waals surface area contributed by atoms with Crippen LogP contribution in [0.5, 0.6) is 0 Å². The highest BCUT2D eigenvalue weighted by atomic mass is 32.2. The summed E-state index contributed by atoms with van der Waals surface area (Å²) in [6.07, 6.45) is 0. The Kier molecular flexibility index (Phi) is 5.64. The molecular formula is C20H22N2O3S2. The fraction of sp³-hybridized carbons (Fsp3) is 0.250. The molecule has 142 valence electrons. The number of carbonyl (C=O) groups is 1. The summed E-state index contributed by atoms with van der Waals surface area (Å²) in [4.78, 5) is 13.4.